The summed E-state index contributed by atoms with van der Waals surface area (Å²) >= 11 is 0. The van der Waals surface area contributed by atoms with Crippen LogP contribution in [0.1, 0.15) is 11.3 Å². The van der Waals surface area contributed by atoms with Gasteiger partial charge in [0, 0.05) is 12.7 Å². The second-order valence-electron chi connectivity index (χ2n) is 4.92. The molecule has 5 nitrogen and oxygen atoms in total. The van der Waals surface area contributed by atoms with E-state index in [1.807, 2.05) is 19.1 Å². The number of nitrogens with one attached hydrogen (secondary N) is 1. The Bertz CT molecular complexity index is 668. The lowest BCUT2D eigenvalue weighted by atomic mass is 10.2. The topological polar surface area (TPSA) is 56.1 Å². The molecule has 1 amide bonds. The average Bonchev–Trinajstić information content (AvgIpc) is 2.94. The van der Waals surface area contributed by atoms with Crippen LogP contribution in [0, 0.1) is 6.92 Å². The molecule has 0 unspecified atom stereocenters. The largest absolute Gasteiger partial charge is 0.484 e. The highest BCUT2D eigenvalue weighted by atomic mass is 19.4. The van der Waals surface area contributed by atoms with Crippen molar-refractivity contribution in [2.75, 3.05) is 13.2 Å². The van der Waals surface area contributed by atoms with Crippen LogP contribution in [-0.2, 0) is 17.5 Å². The molecule has 2 rings (SSSR count). The van der Waals surface area contributed by atoms with Crippen molar-refractivity contribution < 1.29 is 22.7 Å². The lowest BCUT2D eigenvalue weighted by molar-refractivity contribution is -0.141. The van der Waals surface area contributed by atoms with E-state index in [0.717, 1.165) is 16.3 Å². The first-order chi connectivity index (χ1) is 10.8. The van der Waals surface area contributed by atoms with Gasteiger partial charge in [0.05, 0.1) is 6.54 Å². The molecule has 23 heavy (non-hydrogen) atoms. The number of hydrogen-bond acceptors (Lipinski definition) is 3. The van der Waals surface area contributed by atoms with Crippen molar-refractivity contribution in [2.45, 2.75) is 19.6 Å². The molecule has 0 aliphatic carbocycles. The number of aromatic nitrogens is 2. The second kappa shape index (κ2) is 7.17. The van der Waals surface area contributed by atoms with Crippen LogP contribution in [0.3, 0.4) is 0 Å². The number of amides is 1. The third-order valence-corrected chi connectivity index (χ3v) is 2.95. The Morgan fingerprint density at radius 3 is 2.78 bits per heavy atom. The SMILES string of the molecule is Cc1cccc(OCC(=O)NCCn2ccc(C(F)(F)F)n2)c1. The summed E-state index contributed by atoms with van der Waals surface area (Å²) in [5.74, 6) is 0.233. The van der Waals surface area contributed by atoms with Crippen LogP contribution in [-0.4, -0.2) is 28.8 Å². The van der Waals surface area contributed by atoms with Crippen LogP contribution in [0.15, 0.2) is 36.5 Å². The highest BCUT2D eigenvalue weighted by molar-refractivity contribution is 5.77. The zero-order valence-corrected chi connectivity index (χ0v) is 12.4. The van der Waals surface area contributed by atoms with Crippen molar-refractivity contribution in [2.24, 2.45) is 0 Å². The standard InChI is InChI=1S/C15H16F3N3O2/c1-11-3-2-4-12(9-11)23-10-14(22)19-6-8-21-7-5-13(20-21)15(16,17)18/h2-5,7,9H,6,8,10H2,1H3,(H,19,22). The number of benzene rings is 1. The number of nitrogens with zero attached hydrogens (tertiary/aromatic N) is 2. The molecule has 0 radical (unpaired) electrons. The van der Waals surface area contributed by atoms with Crippen molar-refractivity contribution in [3.05, 3.63) is 47.8 Å². The first kappa shape index (κ1) is 16.9. The molecule has 0 saturated heterocycles. The van der Waals surface area contributed by atoms with Gasteiger partial charge in [-0.3, -0.25) is 9.48 Å². The van der Waals surface area contributed by atoms with E-state index in [-0.39, 0.29) is 25.6 Å². The van der Waals surface area contributed by atoms with Crippen molar-refractivity contribution in [3.63, 3.8) is 0 Å². The molecule has 1 aromatic heterocycles. The summed E-state index contributed by atoms with van der Waals surface area (Å²) in [6, 6.07) is 8.16. The Kier molecular flexibility index (Phi) is 5.25. The number of alkyl halides is 3. The Hall–Kier alpha value is -2.51. The molecule has 0 fully saturated rings. The Labute approximate surface area is 131 Å². The molecular weight excluding hydrogens is 311 g/mol. The van der Waals surface area contributed by atoms with E-state index in [2.05, 4.69) is 10.4 Å². The first-order valence-electron chi connectivity index (χ1n) is 6.91. The predicted molar refractivity (Wildman–Crippen MR) is 76.9 cm³/mol. The van der Waals surface area contributed by atoms with Crippen LogP contribution < -0.4 is 10.1 Å². The molecule has 0 atom stereocenters. The van der Waals surface area contributed by atoms with Crippen LogP contribution in [0.2, 0.25) is 0 Å². The number of carbonyl (C=O) groups excluding carboxylic acids is 1. The third kappa shape index (κ3) is 5.32. The van der Waals surface area contributed by atoms with Gasteiger partial charge in [-0.2, -0.15) is 18.3 Å². The van der Waals surface area contributed by atoms with Gasteiger partial charge in [0.25, 0.3) is 5.91 Å². The molecule has 8 heteroatoms. The van der Waals surface area contributed by atoms with Crippen molar-refractivity contribution >= 4 is 5.91 Å². The maximum atomic E-state index is 12.4. The number of ether oxygens (including phenoxy) is 1. The van der Waals surface area contributed by atoms with Crippen LogP contribution in [0.25, 0.3) is 0 Å². The number of halogens is 3. The van der Waals surface area contributed by atoms with E-state index in [4.69, 9.17) is 4.74 Å². The van der Waals surface area contributed by atoms with E-state index in [0.29, 0.717) is 5.75 Å². The van der Waals surface area contributed by atoms with E-state index < -0.39 is 11.9 Å². The van der Waals surface area contributed by atoms with Gasteiger partial charge in [0.2, 0.25) is 0 Å². The molecule has 124 valence electrons. The van der Waals surface area contributed by atoms with Gasteiger partial charge >= 0.3 is 6.18 Å². The fourth-order valence-corrected chi connectivity index (χ4v) is 1.85. The van der Waals surface area contributed by atoms with Gasteiger partial charge in [-0.15, -0.1) is 0 Å². The third-order valence-electron chi connectivity index (χ3n) is 2.95. The van der Waals surface area contributed by atoms with Gasteiger partial charge in [0.1, 0.15) is 5.75 Å². The summed E-state index contributed by atoms with van der Waals surface area (Å²) in [4.78, 5) is 11.6. The van der Waals surface area contributed by atoms with Gasteiger partial charge in [-0.25, -0.2) is 0 Å². The van der Waals surface area contributed by atoms with Crippen molar-refractivity contribution in [1.29, 1.82) is 0 Å². The zero-order chi connectivity index (χ0) is 16.9. The lowest BCUT2D eigenvalue weighted by Crippen LogP contribution is -2.31. The smallest absolute Gasteiger partial charge is 0.435 e. The molecule has 0 aliphatic rings. The number of carbonyl (C=O) groups is 1. The fraction of sp³-hybridized carbons (Fsp3) is 0.333. The number of hydrogen-bond donors (Lipinski definition) is 1. The van der Waals surface area contributed by atoms with E-state index in [1.165, 1.54) is 6.20 Å². The van der Waals surface area contributed by atoms with Gasteiger partial charge < -0.3 is 10.1 Å². The molecule has 0 bridgehead atoms. The maximum absolute atomic E-state index is 12.4. The monoisotopic (exact) mass is 327 g/mol. The van der Waals surface area contributed by atoms with Crippen molar-refractivity contribution in [1.82, 2.24) is 15.1 Å². The summed E-state index contributed by atoms with van der Waals surface area (Å²) in [7, 11) is 0. The molecule has 0 spiro atoms. The summed E-state index contributed by atoms with van der Waals surface area (Å²) in [5, 5.41) is 5.95. The summed E-state index contributed by atoms with van der Waals surface area (Å²) in [6.45, 7) is 2.06. The molecule has 1 N–H and O–H groups in total. The summed E-state index contributed by atoms with van der Waals surface area (Å²) in [6.07, 6.45) is -3.24. The number of aryl methyl sites for hydroxylation is 1. The van der Waals surface area contributed by atoms with Gasteiger partial charge in [-0.1, -0.05) is 12.1 Å². The molecular formula is C15H16F3N3O2. The van der Waals surface area contributed by atoms with Gasteiger partial charge in [-0.05, 0) is 30.7 Å². The maximum Gasteiger partial charge on any atom is 0.435 e. The molecule has 0 saturated carbocycles. The van der Waals surface area contributed by atoms with E-state index in [9.17, 15) is 18.0 Å². The highest BCUT2D eigenvalue weighted by Crippen LogP contribution is 2.27. The van der Waals surface area contributed by atoms with Crippen LogP contribution >= 0.6 is 0 Å². The summed E-state index contributed by atoms with van der Waals surface area (Å²) < 4.78 is 43.6. The normalized spacial score (nSPS) is 11.3. The van der Waals surface area contributed by atoms with Crippen LogP contribution in [0.4, 0.5) is 13.2 Å². The minimum absolute atomic E-state index is 0.145. The summed E-state index contributed by atoms with van der Waals surface area (Å²) in [5.41, 5.74) is 0.0636. The molecule has 1 aromatic carbocycles. The first-order valence-corrected chi connectivity index (χ1v) is 6.91. The Morgan fingerprint density at radius 2 is 2.13 bits per heavy atom. The minimum Gasteiger partial charge on any atom is -0.484 e. The zero-order valence-electron chi connectivity index (χ0n) is 12.4. The molecule has 1 heterocycles. The lowest BCUT2D eigenvalue weighted by Gasteiger charge is -2.08. The fourth-order valence-electron chi connectivity index (χ4n) is 1.85. The minimum atomic E-state index is -4.46. The van der Waals surface area contributed by atoms with Crippen LogP contribution in [0.5, 0.6) is 5.75 Å². The average molecular weight is 327 g/mol. The van der Waals surface area contributed by atoms with Gasteiger partial charge in [0.15, 0.2) is 12.3 Å². The number of rotatable bonds is 6. The molecule has 2 aromatic rings. The Balaban J connectivity index is 1.71. The quantitative estimate of drug-likeness (QED) is 0.886. The highest BCUT2D eigenvalue weighted by Gasteiger charge is 2.33. The Morgan fingerprint density at radius 1 is 1.35 bits per heavy atom. The van der Waals surface area contributed by atoms with E-state index in [1.54, 1.807) is 12.1 Å². The second-order valence-corrected chi connectivity index (χ2v) is 4.92. The van der Waals surface area contributed by atoms with Crippen molar-refractivity contribution in [3.8, 4) is 5.75 Å². The van der Waals surface area contributed by atoms with E-state index >= 15 is 0 Å². The predicted octanol–water partition coefficient (Wildman–Crippen LogP) is 2.41. The molecule has 0 aliphatic heterocycles.